The summed E-state index contributed by atoms with van der Waals surface area (Å²) in [6, 6.07) is 13.0. The monoisotopic (exact) mass is 406 g/mol. The average molecular weight is 406 g/mol. The predicted octanol–water partition coefficient (Wildman–Crippen LogP) is 2.44. The van der Waals surface area contributed by atoms with Gasteiger partial charge in [0.15, 0.2) is 0 Å². The van der Waals surface area contributed by atoms with Crippen molar-refractivity contribution in [3.05, 3.63) is 75.5 Å². The van der Waals surface area contributed by atoms with Crippen molar-refractivity contribution in [2.45, 2.75) is 6.92 Å². The Hall–Kier alpha value is -3.52. The third kappa shape index (κ3) is 3.46. The van der Waals surface area contributed by atoms with Gasteiger partial charge in [0, 0.05) is 38.3 Å². The summed E-state index contributed by atoms with van der Waals surface area (Å²) >= 11 is 0. The van der Waals surface area contributed by atoms with Crippen LogP contribution >= 0.6 is 0 Å². The highest BCUT2D eigenvalue weighted by molar-refractivity contribution is 6.45. The van der Waals surface area contributed by atoms with Crippen LogP contribution in [0, 0.1) is 17.0 Å². The van der Waals surface area contributed by atoms with E-state index >= 15 is 0 Å². The normalized spacial score (nSPS) is 17.8. The lowest BCUT2D eigenvalue weighted by molar-refractivity contribution is -0.384. The first kappa shape index (κ1) is 19.8. The summed E-state index contributed by atoms with van der Waals surface area (Å²) in [6.07, 6.45) is 0. The molecule has 0 atom stereocenters. The maximum Gasteiger partial charge on any atom is 0.282 e. The number of piperazine rings is 1. The maximum absolute atomic E-state index is 13.4. The van der Waals surface area contributed by atoms with Crippen molar-refractivity contribution < 1.29 is 14.5 Å². The largest absolute Gasteiger partial charge is 0.364 e. The van der Waals surface area contributed by atoms with E-state index in [0.29, 0.717) is 35.6 Å². The standard InChI is InChI=1S/C22H22N4O4/c1-15-3-7-17(8-4-15)25-21(27)19(16-5-9-18(10-6-16)26(29)30)20(22(25)28)24-13-11-23(2)12-14-24/h3-10H,11-14H2,1-2H3. The summed E-state index contributed by atoms with van der Waals surface area (Å²) in [4.78, 5) is 42.7. The maximum atomic E-state index is 13.4. The highest BCUT2D eigenvalue weighted by Gasteiger charge is 2.42. The summed E-state index contributed by atoms with van der Waals surface area (Å²) in [5, 5.41) is 11.0. The highest BCUT2D eigenvalue weighted by atomic mass is 16.6. The minimum Gasteiger partial charge on any atom is -0.364 e. The number of carbonyl (C=O) groups is 2. The fraction of sp³-hybridized carbons (Fsp3) is 0.273. The fourth-order valence-electron chi connectivity index (χ4n) is 3.78. The summed E-state index contributed by atoms with van der Waals surface area (Å²) in [7, 11) is 2.02. The van der Waals surface area contributed by atoms with Gasteiger partial charge in [0.2, 0.25) is 0 Å². The Morgan fingerprint density at radius 1 is 0.867 bits per heavy atom. The van der Waals surface area contributed by atoms with Crippen molar-refractivity contribution in [3.63, 3.8) is 0 Å². The van der Waals surface area contributed by atoms with Gasteiger partial charge in [0.1, 0.15) is 5.70 Å². The molecular formula is C22H22N4O4. The van der Waals surface area contributed by atoms with Gasteiger partial charge in [-0.2, -0.15) is 0 Å². The summed E-state index contributed by atoms with van der Waals surface area (Å²) in [5.74, 6) is -0.770. The second-order valence-corrected chi connectivity index (χ2v) is 7.60. The van der Waals surface area contributed by atoms with Crippen LogP contribution in [0.2, 0.25) is 0 Å². The minimum absolute atomic E-state index is 0.0624. The third-order valence-corrected chi connectivity index (χ3v) is 5.54. The van der Waals surface area contributed by atoms with E-state index in [9.17, 15) is 19.7 Å². The van der Waals surface area contributed by atoms with Gasteiger partial charge >= 0.3 is 0 Å². The fourth-order valence-corrected chi connectivity index (χ4v) is 3.78. The van der Waals surface area contributed by atoms with Crippen LogP contribution < -0.4 is 4.90 Å². The first-order valence-electron chi connectivity index (χ1n) is 9.75. The number of non-ortho nitro benzene ring substituents is 1. The van der Waals surface area contributed by atoms with E-state index in [1.807, 2.05) is 31.0 Å². The van der Waals surface area contributed by atoms with Crippen LogP contribution in [0.1, 0.15) is 11.1 Å². The van der Waals surface area contributed by atoms with Crippen LogP contribution in [-0.4, -0.2) is 59.8 Å². The SMILES string of the molecule is Cc1ccc(N2C(=O)C(c3ccc([N+](=O)[O-])cc3)=C(N3CCN(C)CC3)C2=O)cc1. The van der Waals surface area contributed by atoms with Crippen molar-refractivity contribution in [3.8, 4) is 0 Å². The van der Waals surface area contributed by atoms with E-state index in [2.05, 4.69) is 4.90 Å². The lowest BCUT2D eigenvalue weighted by Crippen LogP contribution is -2.46. The zero-order valence-corrected chi connectivity index (χ0v) is 16.9. The van der Waals surface area contributed by atoms with Gasteiger partial charge in [-0.15, -0.1) is 0 Å². The molecule has 0 unspecified atom stereocenters. The Balaban J connectivity index is 1.79. The van der Waals surface area contributed by atoms with Crippen LogP contribution in [0.5, 0.6) is 0 Å². The van der Waals surface area contributed by atoms with E-state index < -0.39 is 10.8 Å². The number of amides is 2. The second-order valence-electron chi connectivity index (χ2n) is 7.60. The molecule has 0 N–H and O–H groups in total. The zero-order chi connectivity index (χ0) is 21.4. The average Bonchev–Trinajstić information content (AvgIpc) is 3.00. The van der Waals surface area contributed by atoms with Gasteiger partial charge in [-0.25, -0.2) is 4.90 Å². The third-order valence-electron chi connectivity index (χ3n) is 5.54. The molecule has 1 fully saturated rings. The van der Waals surface area contributed by atoms with Crippen LogP contribution in [0.25, 0.3) is 5.57 Å². The van der Waals surface area contributed by atoms with Gasteiger partial charge in [0.25, 0.3) is 17.5 Å². The Morgan fingerprint density at radius 2 is 1.47 bits per heavy atom. The lowest BCUT2D eigenvalue weighted by atomic mass is 10.0. The van der Waals surface area contributed by atoms with Crippen molar-refractivity contribution >= 4 is 28.8 Å². The molecule has 0 bridgehead atoms. The molecule has 8 nitrogen and oxygen atoms in total. The molecule has 154 valence electrons. The lowest BCUT2D eigenvalue weighted by Gasteiger charge is -2.34. The molecule has 4 rings (SSSR count). The number of hydrogen-bond acceptors (Lipinski definition) is 6. The smallest absolute Gasteiger partial charge is 0.282 e. The van der Waals surface area contributed by atoms with Gasteiger partial charge < -0.3 is 9.80 Å². The molecule has 2 aliphatic rings. The molecule has 2 aromatic carbocycles. The van der Waals surface area contributed by atoms with E-state index in [4.69, 9.17) is 0 Å². The van der Waals surface area contributed by atoms with E-state index in [1.54, 1.807) is 12.1 Å². The molecule has 1 saturated heterocycles. The topological polar surface area (TPSA) is 87.0 Å². The number of nitrogens with zero attached hydrogens (tertiary/aromatic N) is 4. The van der Waals surface area contributed by atoms with Crippen LogP contribution in [0.4, 0.5) is 11.4 Å². The number of nitro benzene ring substituents is 1. The van der Waals surface area contributed by atoms with E-state index in [0.717, 1.165) is 18.7 Å². The van der Waals surface area contributed by atoms with Crippen LogP contribution in [0.3, 0.4) is 0 Å². The van der Waals surface area contributed by atoms with Crippen LogP contribution in [-0.2, 0) is 9.59 Å². The number of benzene rings is 2. The number of aryl methyl sites for hydroxylation is 1. The zero-order valence-electron chi connectivity index (χ0n) is 16.9. The molecule has 0 aliphatic carbocycles. The van der Waals surface area contributed by atoms with Gasteiger partial charge in [-0.1, -0.05) is 17.7 Å². The molecule has 0 aromatic heterocycles. The van der Waals surface area contributed by atoms with Crippen molar-refractivity contribution in [1.82, 2.24) is 9.80 Å². The van der Waals surface area contributed by atoms with Crippen molar-refractivity contribution in [2.24, 2.45) is 0 Å². The Bertz CT molecular complexity index is 1040. The number of carbonyl (C=O) groups excluding carboxylic acids is 2. The first-order chi connectivity index (χ1) is 14.4. The summed E-state index contributed by atoms with van der Waals surface area (Å²) in [6.45, 7) is 4.76. The van der Waals surface area contributed by atoms with Gasteiger partial charge in [0.05, 0.1) is 16.2 Å². The molecule has 8 heteroatoms. The molecular weight excluding hydrogens is 384 g/mol. The summed E-state index contributed by atoms with van der Waals surface area (Å²) in [5.41, 5.74) is 2.64. The molecule has 30 heavy (non-hydrogen) atoms. The number of anilines is 1. The Labute approximate surface area is 174 Å². The molecule has 0 radical (unpaired) electrons. The predicted molar refractivity (Wildman–Crippen MR) is 113 cm³/mol. The van der Waals surface area contributed by atoms with Crippen LogP contribution in [0.15, 0.2) is 54.2 Å². The second kappa shape index (κ2) is 7.72. The summed E-state index contributed by atoms with van der Waals surface area (Å²) < 4.78 is 0. The minimum atomic E-state index is -0.486. The quantitative estimate of drug-likeness (QED) is 0.440. The molecule has 2 aliphatic heterocycles. The number of nitro groups is 1. The highest BCUT2D eigenvalue weighted by Crippen LogP contribution is 2.35. The van der Waals surface area contributed by atoms with E-state index in [-0.39, 0.29) is 11.6 Å². The Morgan fingerprint density at radius 3 is 2.03 bits per heavy atom. The van der Waals surface area contributed by atoms with E-state index in [1.165, 1.54) is 29.2 Å². The molecule has 0 spiro atoms. The number of likely N-dealkylation sites (N-methyl/N-ethyl adjacent to an activating group) is 1. The van der Waals surface area contributed by atoms with Crippen molar-refractivity contribution in [2.75, 3.05) is 38.1 Å². The molecule has 2 aromatic rings. The number of hydrogen-bond donors (Lipinski definition) is 0. The van der Waals surface area contributed by atoms with Crippen molar-refractivity contribution in [1.29, 1.82) is 0 Å². The molecule has 2 amide bonds. The Kier molecular flexibility index (Phi) is 5.09. The molecule has 0 saturated carbocycles. The number of rotatable bonds is 4. The van der Waals surface area contributed by atoms with Gasteiger partial charge in [-0.3, -0.25) is 19.7 Å². The molecule has 2 heterocycles. The van der Waals surface area contributed by atoms with Gasteiger partial charge in [-0.05, 0) is 43.8 Å². The number of imide groups is 1. The first-order valence-corrected chi connectivity index (χ1v) is 9.75.